The van der Waals surface area contributed by atoms with Crippen LogP contribution in [-0.4, -0.2) is 71.4 Å². The molecule has 1 atom stereocenters. The predicted molar refractivity (Wildman–Crippen MR) is 132 cm³/mol. The second kappa shape index (κ2) is 10.1. The van der Waals surface area contributed by atoms with Gasteiger partial charge in [-0.1, -0.05) is 72.3 Å². The highest BCUT2D eigenvalue weighted by molar-refractivity contribution is 6.38. The summed E-state index contributed by atoms with van der Waals surface area (Å²) in [6.45, 7) is 1.50. The van der Waals surface area contributed by atoms with Crippen LogP contribution in [0.2, 0.25) is 5.02 Å². The Morgan fingerprint density at radius 3 is 2.42 bits per heavy atom. The van der Waals surface area contributed by atoms with E-state index in [1.165, 1.54) is 0 Å². The number of nitrogens with zero attached hydrogens (tertiary/aromatic N) is 4. The van der Waals surface area contributed by atoms with Gasteiger partial charge < -0.3 is 15.1 Å². The van der Waals surface area contributed by atoms with E-state index in [4.69, 9.17) is 17.0 Å². The van der Waals surface area contributed by atoms with E-state index in [0.29, 0.717) is 40.2 Å². The first-order valence-electron chi connectivity index (χ1n) is 10.9. The second-order valence-electron chi connectivity index (χ2n) is 8.29. The predicted octanol–water partition coefficient (Wildman–Crippen LogP) is 3.79. The maximum absolute atomic E-state index is 12.8. The van der Waals surface area contributed by atoms with E-state index in [1.807, 2.05) is 79.7 Å². The summed E-state index contributed by atoms with van der Waals surface area (Å²) in [7, 11) is 4.06. The van der Waals surface area contributed by atoms with Crippen LogP contribution in [0, 0.1) is 5.41 Å². The van der Waals surface area contributed by atoms with Gasteiger partial charge in [0.05, 0.1) is 22.8 Å². The van der Waals surface area contributed by atoms with Crippen molar-refractivity contribution in [2.45, 2.75) is 12.5 Å². The molecule has 0 saturated carbocycles. The molecule has 1 aliphatic rings. The van der Waals surface area contributed by atoms with E-state index >= 15 is 0 Å². The summed E-state index contributed by atoms with van der Waals surface area (Å²) in [6, 6.07) is 19.2. The van der Waals surface area contributed by atoms with Crippen molar-refractivity contribution in [3.05, 3.63) is 76.8 Å². The quantitative estimate of drug-likeness (QED) is 0.522. The van der Waals surface area contributed by atoms with E-state index in [9.17, 15) is 4.79 Å². The lowest BCUT2D eigenvalue weighted by Gasteiger charge is -2.21. The number of carbonyl (C=O) groups is 1. The molecule has 2 N–H and O–H groups in total. The Labute approximate surface area is 198 Å². The topological polar surface area (TPSA) is 85.2 Å². The number of rotatable bonds is 7. The highest BCUT2D eigenvalue weighted by atomic mass is 35.5. The number of anilines is 1. The van der Waals surface area contributed by atoms with E-state index in [0.717, 1.165) is 18.5 Å². The molecule has 0 aliphatic carbocycles. The van der Waals surface area contributed by atoms with Crippen molar-refractivity contribution in [3.8, 4) is 11.3 Å². The Balaban J connectivity index is 1.62. The standard InChI is InChI=1S/C25H27ClN6O/c1-31(2)19-13-14-32(16-19)20(33)15-28-25-21(23(27)17-9-5-3-6-10-17)22(26)24(29-30-25)18-11-7-4-8-12-18/h3-12,19,27H,13-16H2,1-2H3,(H,28,30). The number of likely N-dealkylation sites (tertiary alicyclic amines) is 1. The van der Waals surface area contributed by atoms with Gasteiger partial charge in [0.25, 0.3) is 0 Å². The highest BCUT2D eigenvalue weighted by Crippen LogP contribution is 2.33. The van der Waals surface area contributed by atoms with Gasteiger partial charge in [-0.3, -0.25) is 10.2 Å². The minimum Gasteiger partial charge on any atom is -0.359 e. The normalized spacial score (nSPS) is 15.6. The third kappa shape index (κ3) is 5.05. The molecule has 8 heteroatoms. The molecule has 3 aromatic rings. The summed E-state index contributed by atoms with van der Waals surface area (Å²) in [5.74, 6) is 0.312. The molecule has 170 valence electrons. The molecule has 1 aliphatic heterocycles. The van der Waals surface area contributed by atoms with Crippen molar-refractivity contribution in [2.24, 2.45) is 0 Å². The van der Waals surface area contributed by atoms with Crippen LogP contribution in [0.4, 0.5) is 5.82 Å². The Bertz CT molecular complexity index is 1140. The number of aromatic nitrogens is 2. The van der Waals surface area contributed by atoms with Crippen LogP contribution in [0.1, 0.15) is 17.5 Å². The first-order chi connectivity index (χ1) is 16.0. The van der Waals surface area contributed by atoms with Crippen LogP contribution in [0.15, 0.2) is 60.7 Å². The molecule has 33 heavy (non-hydrogen) atoms. The van der Waals surface area contributed by atoms with E-state index in [-0.39, 0.29) is 18.2 Å². The van der Waals surface area contributed by atoms with Gasteiger partial charge >= 0.3 is 0 Å². The van der Waals surface area contributed by atoms with Crippen molar-refractivity contribution in [1.82, 2.24) is 20.0 Å². The Morgan fingerprint density at radius 1 is 1.12 bits per heavy atom. The average Bonchev–Trinajstić information content (AvgIpc) is 3.34. The summed E-state index contributed by atoms with van der Waals surface area (Å²) in [5.41, 5.74) is 2.66. The minimum absolute atomic E-state index is 0.0124. The molecule has 2 heterocycles. The molecule has 4 rings (SSSR count). The summed E-state index contributed by atoms with van der Waals surface area (Å²) in [5, 5.41) is 20.9. The van der Waals surface area contributed by atoms with E-state index < -0.39 is 0 Å². The number of carbonyl (C=O) groups excluding carboxylic acids is 1. The zero-order valence-electron chi connectivity index (χ0n) is 18.8. The number of nitrogens with one attached hydrogen (secondary N) is 2. The van der Waals surface area contributed by atoms with Gasteiger partial charge in [0.2, 0.25) is 5.91 Å². The number of hydrogen-bond donors (Lipinski definition) is 2. The first kappa shape index (κ1) is 22.9. The Morgan fingerprint density at radius 2 is 1.79 bits per heavy atom. The Kier molecular flexibility index (Phi) is 7.01. The molecular weight excluding hydrogens is 436 g/mol. The molecule has 1 amide bonds. The van der Waals surface area contributed by atoms with E-state index in [1.54, 1.807) is 0 Å². The highest BCUT2D eigenvalue weighted by Gasteiger charge is 2.28. The fourth-order valence-corrected chi connectivity index (χ4v) is 4.29. The molecule has 0 spiro atoms. The van der Waals surface area contributed by atoms with Crippen molar-refractivity contribution in [3.63, 3.8) is 0 Å². The lowest BCUT2D eigenvalue weighted by molar-refractivity contribution is -0.128. The van der Waals surface area contributed by atoms with Gasteiger partial charge in [0.1, 0.15) is 5.69 Å². The zero-order chi connectivity index (χ0) is 23.4. The van der Waals surface area contributed by atoms with Crippen LogP contribution in [-0.2, 0) is 4.79 Å². The Hall–Kier alpha value is -3.29. The number of halogens is 1. The van der Waals surface area contributed by atoms with Crippen LogP contribution in [0.25, 0.3) is 11.3 Å². The van der Waals surface area contributed by atoms with Gasteiger partial charge in [0.15, 0.2) is 5.82 Å². The van der Waals surface area contributed by atoms with Crippen molar-refractivity contribution in [1.29, 1.82) is 5.41 Å². The number of likely N-dealkylation sites (N-methyl/N-ethyl adjacent to an activating group) is 1. The van der Waals surface area contributed by atoms with Crippen molar-refractivity contribution < 1.29 is 4.79 Å². The van der Waals surface area contributed by atoms with Crippen LogP contribution < -0.4 is 5.32 Å². The van der Waals surface area contributed by atoms with Gasteiger partial charge in [-0.05, 0) is 20.5 Å². The molecule has 1 saturated heterocycles. The fourth-order valence-electron chi connectivity index (χ4n) is 3.96. The monoisotopic (exact) mass is 462 g/mol. The summed E-state index contributed by atoms with van der Waals surface area (Å²) >= 11 is 6.81. The largest absolute Gasteiger partial charge is 0.359 e. The second-order valence-corrected chi connectivity index (χ2v) is 8.67. The number of benzene rings is 2. The molecule has 0 radical (unpaired) electrons. The van der Waals surface area contributed by atoms with Gasteiger partial charge in [0, 0.05) is 30.3 Å². The lowest BCUT2D eigenvalue weighted by atomic mass is 10.0. The van der Waals surface area contributed by atoms with Crippen LogP contribution >= 0.6 is 11.6 Å². The first-order valence-corrected chi connectivity index (χ1v) is 11.3. The molecule has 1 aromatic heterocycles. The average molecular weight is 463 g/mol. The fraction of sp³-hybridized carbons (Fsp3) is 0.280. The third-order valence-corrected chi connectivity index (χ3v) is 6.30. The van der Waals surface area contributed by atoms with Crippen LogP contribution in [0.5, 0.6) is 0 Å². The lowest BCUT2D eigenvalue weighted by Crippen LogP contribution is -2.37. The zero-order valence-corrected chi connectivity index (χ0v) is 19.5. The van der Waals surface area contributed by atoms with Gasteiger partial charge in [-0.25, -0.2) is 0 Å². The summed E-state index contributed by atoms with van der Waals surface area (Å²) < 4.78 is 0. The summed E-state index contributed by atoms with van der Waals surface area (Å²) in [4.78, 5) is 16.8. The molecular formula is C25H27ClN6O. The third-order valence-electron chi connectivity index (χ3n) is 5.93. The number of amides is 1. The van der Waals surface area contributed by atoms with Gasteiger partial charge in [-0.15, -0.1) is 10.2 Å². The number of hydrogen-bond acceptors (Lipinski definition) is 6. The maximum Gasteiger partial charge on any atom is 0.241 e. The minimum atomic E-state index is -0.0124. The van der Waals surface area contributed by atoms with Crippen molar-refractivity contribution in [2.75, 3.05) is 39.0 Å². The SMILES string of the molecule is CN(C)C1CCN(C(=O)CNc2nnc(-c3ccccc3)c(Cl)c2C(=N)c2ccccc2)C1. The maximum atomic E-state index is 12.8. The van der Waals surface area contributed by atoms with E-state index in [2.05, 4.69) is 20.4 Å². The summed E-state index contributed by atoms with van der Waals surface area (Å²) in [6.07, 6.45) is 0.958. The molecule has 0 bridgehead atoms. The molecule has 1 unspecified atom stereocenters. The molecule has 2 aromatic carbocycles. The molecule has 7 nitrogen and oxygen atoms in total. The van der Waals surface area contributed by atoms with Crippen LogP contribution in [0.3, 0.4) is 0 Å². The smallest absolute Gasteiger partial charge is 0.241 e. The molecule has 1 fully saturated rings. The van der Waals surface area contributed by atoms with Crippen molar-refractivity contribution >= 4 is 29.0 Å². The van der Waals surface area contributed by atoms with Gasteiger partial charge in [-0.2, -0.15) is 0 Å².